The van der Waals surface area contributed by atoms with Crippen LogP contribution in [0, 0.1) is 0 Å². The Morgan fingerprint density at radius 1 is 1.03 bits per heavy atom. The molecule has 2 aliphatic heterocycles. The van der Waals surface area contributed by atoms with Gasteiger partial charge in [0.1, 0.15) is 11.6 Å². The maximum absolute atomic E-state index is 13.1. The highest BCUT2D eigenvalue weighted by Crippen LogP contribution is 2.33. The lowest BCUT2D eigenvalue weighted by Gasteiger charge is -2.39. The van der Waals surface area contributed by atoms with Gasteiger partial charge in [0.05, 0.1) is 15.9 Å². The van der Waals surface area contributed by atoms with Crippen LogP contribution < -0.4 is 4.90 Å². The van der Waals surface area contributed by atoms with Crippen LogP contribution in [0.2, 0.25) is 0 Å². The number of sulfone groups is 1. The van der Waals surface area contributed by atoms with Crippen molar-refractivity contribution in [3.8, 4) is 0 Å². The van der Waals surface area contributed by atoms with Crippen LogP contribution in [-0.2, 0) is 24.7 Å². The summed E-state index contributed by atoms with van der Waals surface area (Å²) in [5.41, 5.74) is 0.481. The third-order valence-electron chi connectivity index (χ3n) is 5.80. The van der Waals surface area contributed by atoms with Gasteiger partial charge in [-0.05, 0) is 25.0 Å². The standard InChI is InChI=1S/C19H26N4O5S3/c1-30(25,26)16-8-5-7-15-17(16)20-19(29-15)22-12-10-21(11-13-22)18(24)14-6-3-4-9-23(14)31(2,27)28/h5,7-8,14H,3-4,6,9-13H2,1-2H3. The van der Waals surface area contributed by atoms with Gasteiger partial charge in [0.15, 0.2) is 15.0 Å². The summed E-state index contributed by atoms with van der Waals surface area (Å²) >= 11 is 1.43. The largest absolute Gasteiger partial charge is 0.345 e. The topological polar surface area (TPSA) is 108 Å². The molecule has 1 amide bonds. The number of amides is 1. The van der Waals surface area contributed by atoms with Crippen LogP contribution >= 0.6 is 11.3 Å². The molecular weight excluding hydrogens is 460 g/mol. The number of aromatic nitrogens is 1. The average molecular weight is 487 g/mol. The van der Waals surface area contributed by atoms with Crippen molar-refractivity contribution in [1.29, 1.82) is 0 Å². The Morgan fingerprint density at radius 3 is 2.39 bits per heavy atom. The lowest BCUT2D eigenvalue weighted by Crippen LogP contribution is -2.57. The summed E-state index contributed by atoms with van der Waals surface area (Å²) in [5.74, 6) is -0.131. The first kappa shape index (κ1) is 22.4. The van der Waals surface area contributed by atoms with Crippen molar-refractivity contribution in [3.05, 3.63) is 18.2 Å². The molecular formula is C19H26N4O5S3. The third-order valence-corrected chi connectivity index (χ3v) is 9.30. The molecule has 4 rings (SSSR count). The normalized spacial score (nSPS) is 21.5. The van der Waals surface area contributed by atoms with Crippen LogP contribution in [0.1, 0.15) is 19.3 Å². The second-order valence-corrected chi connectivity index (χ2v) is 13.0. The van der Waals surface area contributed by atoms with Gasteiger partial charge in [0.2, 0.25) is 15.9 Å². The van der Waals surface area contributed by atoms with Gasteiger partial charge in [0.25, 0.3) is 0 Å². The second-order valence-electron chi connectivity index (χ2n) is 8.07. The molecule has 0 N–H and O–H groups in total. The Morgan fingerprint density at radius 2 is 1.74 bits per heavy atom. The van der Waals surface area contributed by atoms with Gasteiger partial charge in [-0.2, -0.15) is 4.31 Å². The minimum atomic E-state index is -3.43. The summed E-state index contributed by atoms with van der Waals surface area (Å²) in [6.07, 6.45) is 4.51. The highest BCUT2D eigenvalue weighted by molar-refractivity contribution is 7.91. The van der Waals surface area contributed by atoms with Crippen molar-refractivity contribution in [3.63, 3.8) is 0 Å². The number of para-hydroxylation sites is 1. The molecule has 2 saturated heterocycles. The van der Waals surface area contributed by atoms with Crippen molar-refractivity contribution in [2.45, 2.75) is 30.2 Å². The van der Waals surface area contributed by atoms with Gasteiger partial charge < -0.3 is 9.80 Å². The smallest absolute Gasteiger partial charge is 0.241 e. The van der Waals surface area contributed by atoms with E-state index in [0.717, 1.165) is 28.9 Å². The highest BCUT2D eigenvalue weighted by Gasteiger charge is 2.37. The molecule has 1 unspecified atom stereocenters. The summed E-state index contributed by atoms with van der Waals surface area (Å²) in [6, 6.07) is 4.52. The molecule has 12 heteroatoms. The van der Waals surface area contributed by atoms with Crippen molar-refractivity contribution >= 4 is 52.5 Å². The monoisotopic (exact) mass is 486 g/mol. The van der Waals surface area contributed by atoms with Crippen LogP contribution in [-0.4, -0.2) is 88.2 Å². The number of piperidine rings is 1. The van der Waals surface area contributed by atoms with Crippen LogP contribution in [0.4, 0.5) is 5.13 Å². The van der Waals surface area contributed by atoms with E-state index in [4.69, 9.17) is 0 Å². The van der Waals surface area contributed by atoms with Crippen LogP contribution in [0.5, 0.6) is 0 Å². The van der Waals surface area contributed by atoms with Gasteiger partial charge in [-0.1, -0.05) is 23.8 Å². The summed E-state index contributed by atoms with van der Waals surface area (Å²) in [6.45, 7) is 2.46. The maximum Gasteiger partial charge on any atom is 0.241 e. The number of rotatable bonds is 4. The van der Waals surface area contributed by atoms with E-state index in [9.17, 15) is 21.6 Å². The zero-order valence-electron chi connectivity index (χ0n) is 17.5. The fourth-order valence-corrected chi connectivity index (χ4v) is 7.28. The van der Waals surface area contributed by atoms with Crippen molar-refractivity contribution < 1.29 is 21.6 Å². The Bertz CT molecular complexity index is 1200. The summed E-state index contributed by atoms with van der Waals surface area (Å²) in [4.78, 5) is 21.7. The highest BCUT2D eigenvalue weighted by atomic mass is 32.2. The van der Waals surface area contributed by atoms with Gasteiger partial charge in [-0.3, -0.25) is 4.79 Å². The fourth-order valence-electron chi connectivity index (χ4n) is 4.22. The average Bonchev–Trinajstić information content (AvgIpc) is 3.16. The molecule has 0 spiro atoms. The Hall–Kier alpha value is -1.76. The van der Waals surface area contributed by atoms with Crippen LogP contribution in [0.25, 0.3) is 10.2 Å². The first-order chi connectivity index (χ1) is 14.6. The van der Waals surface area contributed by atoms with E-state index in [1.807, 2.05) is 6.07 Å². The Balaban J connectivity index is 1.48. The maximum atomic E-state index is 13.1. The predicted octanol–water partition coefficient (Wildman–Crippen LogP) is 1.16. The van der Waals surface area contributed by atoms with Crippen LogP contribution in [0.3, 0.4) is 0 Å². The van der Waals surface area contributed by atoms with E-state index in [2.05, 4.69) is 9.88 Å². The number of carbonyl (C=O) groups is 1. The second kappa shape index (κ2) is 8.30. The minimum Gasteiger partial charge on any atom is -0.345 e. The van der Waals surface area contributed by atoms with Gasteiger partial charge in [-0.25, -0.2) is 21.8 Å². The number of carbonyl (C=O) groups excluding carboxylic acids is 1. The predicted molar refractivity (Wildman–Crippen MR) is 121 cm³/mol. The Labute approximate surface area is 186 Å². The molecule has 31 heavy (non-hydrogen) atoms. The fraction of sp³-hybridized carbons (Fsp3) is 0.579. The zero-order valence-corrected chi connectivity index (χ0v) is 20.0. The van der Waals surface area contributed by atoms with E-state index < -0.39 is 25.9 Å². The molecule has 0 aliphatic carbocycles. The van der Waals surface area contributed by atoms with E-state index in [-0.39, 0.29) is 10.8 Å². The van der Waals surface area contributed by atoms with E-state index in [1.165, 1.54) is 21.9 Å². The number of nitrogens with zero attached hydrogens (tertiary/aromatic N) is 4. The number of thiazole rings is 1. The zero-order chi connectivity index (χ0) is 22.4. The molecule has 1 aromatic heterocycles. The van der Waals surface area contributed by atoms with Crippen molar-refractivity contribution in [2.24, 2.45) is 0 Å². The van der Waals surface area contributed by atoms with Gasteiger partial charge >= 0.3 is 0 Å². The number of sulfonamides is 1. The first-order valence-corrected chi connectivity index (χ1v) is 14.7. The number of hydrogen-bond acceptors (Lipinski definition) is 8. The quantitative estimate of drug-likeness (QED) is 0.638. The number of piperazine rings is 1. The van der Waals surface area contributed by atoms with Crippen molar-refractivity contribution in [2.75, 3.05) is 50.1 Å². The summed E-state index contributed by atoms with van der Waals surface area (Å²) < 4.78 is 50.5. The molecule has 0 bridgehead atoms. The first-order valence-electron chi connectivity index (χ1n) is 10.2. The number of anilines is 1. The molecule has 1 atom stereocenters. The summed E-state index contributed by atoms with van der Waals surface area (Å²) in [7, 11) is -6.80. The molecule has 0 saturated carbocycles. The lowest BCUT2D eigenvalue weighted by molar-refractivity contribution is -0.136. The molecule has 0 radical (unpaired) electrons. The molecule has 2 aromatic rings. The molecule has 1 aromatic carbocycles. The Kier molecular flexibility index (Phi) is 6.01. The SMILES string of the molecule is CS(=O)(=O)c1cccc2sc(N3CCN(C(=O)C4CCCCN4S(C)(=O)=O)CC3)nc12. The lowest BCUT2D eigenvalue weighted by atomic mass is 10.0. The summed E-state index contributed by atoms with van der Waals surface area (Å²) in [5, 5.41) is 0.730. The third kappa shape index (κ3) is 4.57. The molecule has 2 aliphatic rings. The van der Waals surface area contributed by atoms with E-state index in [0.29, 0.717) is 44.7 Å². The van der Waals surface area contributed by atoms with E-state index in [1.54, 1.807) is 17.0 Å². The number of fused-ring (bicyclic) bond motifs is 1. The van der Waals surface area contributed by atoms with Crippen LogP contribution in [0.15, 0.2) is 23.1 Å². The minimum absolute atomic E-state index is 0.131. The number of hydrogen-bond donors (Lipinski definition) is 0. The molecule has 3 heterocycles. The number of benzene rings is 1. The van der Waals surface area contributed by atoms with E-state index >= 15 is 0 Å². The van der Waals surface area contributed by atoms with Gasteiger partial charge in [-0.15, -0.1) is 0 Å². The molecule has 9 nitrogen and oxygen atoms in total. The van der Waals surface area contributed by atoms with Crippen molar-refractivity contribution in [1.82, 2.24) is 14.2 Å². The van der Waals surface area contributed by atoms with Gasteiger partial charge in [0, 0.05) is 39.0 Å². The molecule has 2 fully saturated rings. The molecule has 170 valence electrons.